The van der Waals surface area contributed by atoms with Gasteiger partial charge in [-0.25, -0.2) is 0 Å². The Balaban J connectivity index is 1.60. The highest BCUT2D eigenvalue weighted by atomic mass is 16.5. The maximum atomic E-state index is 10.5. The van der Waals surface area contributed by atoms with Gasteiger partial charge in [-0.3, -0.25) is 9.69 Å². The number of hydrogen-bond donors (Lipinski definition) is 1. The largest absolute Gasteiger partial charge is 0.376 e. The van der Waals surface area contributed by atoms with Crippen molar-refractivity contribution in [3.05, 3.63) is 0 Å². The van der Waals surface area contributed by atoms with Crippen LogP contribution >= 0.6 is 0 Å². The first-order chi connectivity index (χ1) is 6.75. The molecule has 1 amide bonds. The van der Waals surface area contributed by atoms with Gasteiger partial charge >= 0.3 is 0 Å². The molecule has 2 fully saturated rings. The first-order valence-corrected chi connectivity index (χ1v) is 5.39. The SMILES string of the molecule is NC(=O)CCOC1CCN(C2CC2)C1. The number of primary amides is 1. The Kier molecular flexibility index (Phi) is 3.03. The minimum Gasteiger partial charge on any atom is -0.376 e. The number of carbonyl (C=O) groups is 1. The van der Waals surface area contributed by atoms with Gasteiger partial charge in [0.1, 0.15) is 0 Å². The Morgan fingerprint density at radius 1 is 1.43 bits per heavy atom. The molecule has 0 bridgehead atoms. The summed E-state index contributed by atoms with van der Waals surface area (Å²) in [4.78, 5) is 13.0. The number of carbonyl (C=O) groups excluding carboxylic acids is 1. The normalized spacial score (nSPS) is 28.1. The van der Waals surface area contributed by atoms with Crippen molar-refractivity contribution in [3.63, 3.8) is 0 Å². The summed E-state index contributed by atoms with van der Waals surface area (Å²) in [6.07, 6.45) is 4.49. The highest BCUT2D eigenvalue weighted by Gasteiger charge is 2.34. The lowest BCUT2D eigenvalue weighted by atomic mass is 10.3. The predicted molar refractivity (Wildman–Crippen MR) is 52.8 cm³/mol. The molecule has 2 aliphatic rings. The van der Waals surface area contributed by atoms with E-state index >= 15 is 0 Å². The van der Waals surface area contributed by atoms with Crippen LogP contribution in [-0.4, -0.2) is 42.6 Å². The number of rotatable bonds is 5. The maximum Gasteiger partial charge on any atom is 0.219 e. The van der Waals surface area contributed by atoms with Gasteiger partial charge in [0.05, 0.1) is 12.7 Å². The third-order valence-corrected chi connectivity index (χ3v) is 2.94. The Bertz CT molecular complexity index is 216. The monoisotopic (exact) mass is 198 g/mol. The summed E-state index contributed by atoms with van der Waals surface area (Å²) >= 11 is 0. The molecule has 0 aromatic carbocycles. The molecule has 0 spiro atoms. The quantitative estimate of drug-likeness (QED) is 0.682. The van der Waals surface area contributed by atoms with Gasteiger partial charge in [0.2, 0.25) is 5.91 Å². The Labute approximate surface area is 84.4 Å². The minimum atomic E-state index is -0.276. The molecule has 1 aliphatic carbocycles. The molecule has 0 aromatic rings. The Morgan fingerprint density at radius 3 is 2.86 bits per heavy atom. The number of nitrogens with two attached hydrogens (primary N) is 1. The van der Waals surface area contributed by atoms with Crippen molar-refractivity contribution in [1.82, 2.24) is 4.90 Å². The van der Waals surface area contributed by atoms with Crippen molar-refractivity contribution in [2.75, 3.05) is 19.7 Å². The molecular formula is C10H18N2O2. The fourth-order valence-electron chi connectivity index (χ4n) is 1.99. The zero-order valence-corrected chi connectivity index (χ0v) is 8.45. The summed E-state index contributed by atoms with van der Waals surface area (Å²) in [7, 11) is 0. The number of hydrogen-bond acceptors (Lipinski definition) is 3. The summed E-state index contributed by atoms with van der Waals surface area (Å²) in [5, 5.41) is 0. The third-order valence-electron chi connectivity index (χ3n) is 2.94. The fraction of sp³-hybridized carbons (Fsp3) is 0.900. The van der Waals surface area contributed by atoms with E-state index < -0.39 is 0 Å². The van der Waals surface area contributed by atoms with Crippen LogP contribution in [-0.2, 0) is 9.53 Å². The van der Waals surface area contributed by atoms with E-state index in [1.54, 1.807) is 0 Å². The van der Waals surface area contributed by atoms with Crippen LogP contribution in [0.15, 0.2) is 0 Å². The second-order valence-corrected chi connectivity index (χ2v) is 4.22. The van der Waals surface area contributed by atoms with E-state index in [-0.39, 0.29) is 5.91 Å². The summed E-state index contributed by atoms with van der Waals surface area (Å²) in [5.41, 5.74) is 5.03. The molecule has 4 heteroatoms. The number of nitrogens with zero attached hydrogens (tertiary/aromatic N) is 1. The van der Waals surface area contributed by atoms with E-state index in [0.717, 1.165) is 25.6 Å². The summed E-state index contributed by atoms with van der Waals surface area (Å²) < 4.78 is 5.58. The molecule has 14 heavy (non-hydrogen) atoms. The van der Waals surface area contributed by atoms with Crippen LogP contribution in [0.5, 0.6) is 0 Å². The molecule has 1 unspecified atom stereocenters. The van der Waals surface area contributed by atoms with Crippen LogP contribution in [0.1, 0.15) is 25.7 Å². The van der Waals surface area contributed by atoms with Crippen molar-refractivity contribution >= 4 is 5.91 Å². The highest BCUT2D eigenvalue weighted by Crippen LogP contribution is 2.30. The fourth-order valence-corrected chi connectivity index (χ4v) is 1.99. The van der Waals surface area contributed by atoms with E-state index in [1.165, 1.54) is 12.8 Å². The average molecular weight is 198 g/mol. The number of amides is 1. The number of ether oxygens (including phenoxy) is 1. The summed E-state index contributed by atoms with van der Waals surface area (Å²) in [6.45, 7) is 2.69. The lowest BCUT2D eigenvalue weighted by Gasteiger charge is -2.14. The van der Waals surface area contributed by atoms with Gasteiger partial charge in [-0.2, -0.15) is 0 Å². The first-order valence-electron chi connectivity index (χ1n) is 5.39. The first kappa shape index (κ1) is 9.93. The molecule has 2 rings (SSSR count). The van der Waals surface area contributed by atoms with Gasteiger partial charge in [0.25, 0.3) is 0 Å². The van der Waals surface area contributed by atoms with Gasteiger partial charge in [-0.05, 0) is 19.3 Å². The third kappa shape index (κ3) is 2.69. The minimum absolute atomic E-state index is 0.276. The summed E-state index contributed by atoms with van der Waals surface area (Å²) in [6, 6.07) is 0.833. The van der Waals surface area contributed by atoms with Crippen LogP contribution < -0.4 is 5.73 Å². The molecule has 1 saturated heterocycles. The van der Waals surface area contributed by atoms with Crippen LogP contribution in [0.3, 0.4) is 0 Å². The molecule has 1 heterocycles. The molecule has 1 aliphatic heterocycles. The smallest absolute Gasteiger partial charge is 0.219 e. The zero-order valence-electron chi connectivity index (χ0n) is 8.45. The molecule has 1 atom stereocenters. The maximum absolute atomic E-state index is 10.5. The van der Waals surface area contributed by atoms with Crippen LogP contribution in [0.25, 0.3) is 0 Å². The second kappa shape index (κ2) is 4.28. The van der Waals surface area contributed by atoms with Crippen LogP contribution in [0.2, 0.25) is 0 Å². The Hall–Kier alpha value is -0.610. The molecule has 4 nitrogen and oxygen atoms in total. The lowest BCUT2D eigenvalue weighted by Crippen LogP contribution is -2.26. The van der Waals surface area contributed by atoms with E-state index in [4.69, 9.17) is 10.5 Å². The van der Waals surface area contributed by atoms with Gasteiger partial charge < -0.3 is 10.5 Å². The van der Waals surface area contributed by atoms with Crippen molar-refractivity contribution in [2.45, 2.75) is 37.8 Å². The zero-order chi connectivity index (χ0) is 9.97. The van der Waals surface area contributed by atoms with Crippen LogP contribution in [0, 0.1) is 0 Å². The molecule has 1 saturated carbocycles. The standard InChI is InChI=1S/C10H18N2O2/c11-10(13)4-6-14-9-3-5-12(7-9)8-1-2-8/h8-9H,1-7H2,(H2,11,13). The topological polar surface area (TPSA) is 55.6 Å². The summed E-state index contributed by atoms with van der Waals surface area (Å²) in [5.74, 6) is -0.276. The van der Waals surface area contributed by atoms with Crippen molar-refractivity contribution < 1.29 is 9.53 Å². The van der Waals surface area contributed by atoms with E-state index in [2.05, 4.69) is 4.90 Å². The highest BCUT2D eigenvalue weighted by molar-refractivity contribution is 5.73. The van der Waals surface area contributed by atoms with Crippen LogP contribution in [0.4, 0.5) is 0 Å². The molecule has 0 aromatic heterocycles. The predicted octanol–water partition coefficient (Wildman–Crippen LogP) is 0.115. The van der Waals surface area contributed by atoms with Gasteiger partial charge in [0, 0.05) is 25.6 Å². The second-order valence-electron chi connectivity index (χ2n) is 4.22. The van der Waals surface area contributed by atoms with E-state index in [0.29, 0.717) is 19.1 Å². The average Bonchev–Trinajstić information content (AvgIpc) is 2.87. The van der Waals surface area contributed by atoms with Gasteiger partial charge in [-0.15, -0.1) is 0 Å². The lowest BCUT2D eigenvalue weighted by molar-refractivity contribution is -0.119. The van der Waals surface area contributed by atoms with Crippen molar-refractivity contribution in [2.24, 2.45) is 5.73 Å². The number of likely N-dealkylation sites (tertiary alicyclic amines) is 1. The molecule has 0 radical (unpaired) electrons. The van der Waals surface area contributed by atoms with Crippen molar-refractivity contribution in [3.8, 4) is 0 Å². The molecule has 2 N–H and O–H groups in total. The van der Waals surface area contributed by atoms with Gasteiger partial charge in [-0.1, -0.05) is 0 Å². The molecule has 80 valence electrons. The van der Waals surface area contributed by atoms with E-state index in [9.17, 15) is 4.79 Å². The van der Waals surface area contributed by atoms with Gasteiger partial charge in [0.15, 0.2) is 0 Å². The van der Waals surface area contributed by atoms with E-state index in [1.807, 2.05) is 0 Å². The molecular weight excluding hydrogens is 180 g/mol. The van der Waals surface area contributed by atoms with Crippen molar-refractivity contribution in [1.29, 1.82) is 0 Å². The Morgan fingerprint density at radius 2 is 2.21 bits per heavy atom.